The van der Waals surface area contributed by atoms with Crippen LogP contribution in [0.4, 0.5) is 0 Å². The van der Waals surface area contributed by atoms with Crippen LogP contribution in [0.1, 0.15) is 59.8 Å². The van der Waals surface area contributed by atoms with Crippen LogP contribution < -0.4 is 0 Å². The molecule has 110 valence electrons. The van der Waals surface area contributed by atoms with Gasteiger partial charge < -0.3 is 14.2 Å². The molecule has 0 aliphatic rings. The minimum Gasteiger partial charge on any atom is -0.379 e. The maximum Gasteiger partial charge on any atom is 0.0781 e. The summed E-state index contributed by atoms with van der Waals surface area (Å²) < 4.78 is 16.8. The van der Waals surface area contributed by atoms with Crippen molar-refractivity contribution in [2.45, 2.75) is 72.0 Å². The lowest BCUT2D eigenvalue weighted by atomic mass is 10.2. The average molecular weight is 260 g/mol. The van der Waals surface area contributed by atoms with Gasteiger partial charge in [0.15, 0.2) is 0 Å². The average Bonchev–Trinajstić information content (AvgIpc) is 2.36. The van der Waals surface area contributed by atoms with Crippen LogP contribution in [-0.4, -0.2) is 38.6 Å². The number of hydrogen-bond donors (Lipinski definition) is 0. The summed E-state index contributed by atoms with van der Waals surface area (Å²) in [5, 5.41) is 0. The van der Waals surface area contributed by atoms with Gasteiger partial charge in [0.25, 0.3) is 0 Å². The third kappa shape index (κ3) is 12.3. The Kier molecular flexibility index (Phi) is 13.2. The van der Waals surface area contributed by atoms with Crippen LogP contribution in [0.25, 0.3) is 0 Å². The Morgan fingerprint density at radius 2 is 1.44 bits per heavy atom. The summed E-state index contributed by atoms with van der Waals surface area (Å²) in [6, 6.07) is 0. The third-order valence-electron chi connectivity index (χ3n) is 2.72. The molecule has 3 heteroatoms. The van der Waals surface area contributed by atoms with Crippen molar-refractivity contribution in [3.05, 3.63) is 0 Å². The topological polar surface area (TPSA) is 27.7 Å². The first-order valence-electron chi connectivity index (χ1n) is 7.51. The number of ether oxygens (including phenoxy) is 3. The number of unbranched alkanes of at least 4 members (excludes halogenated alkanes) is 3. The van der Waals surface area contributed by atoms with E-state index in [0.717, 1.165) is 26.1 Å². The standard InChI is InChI=1S/C15H32O3/c1-5-7-8-9-11-17-15(4)13-18-14(3)12-16-10-6-2/h14-15H,5-13H2,1-4H3. The van der Waals surface area contributed by atoms with E-state index in [9.17, 15) is 0 Å². The largest absolute Gasteiger partial charge is 0.379 e. The van der Waals surface area contributed by atoms with Crippen LogP contribution in [0.15, 0.2) is 0 Å². The van der Waals surface area contributed by atoms with Crippen LogP contribution in [0.5, 0.6) is 0 Å². The van der Waals surface area contributed by atoms with E-state index in [1.165, 1.54) is 19.3 Å². The van der Waals surface area contributed by atoms with E-state index in [2.05, 4.69) is 20.8 Å². The molecule has 0 bridgehead atoms. The molecule has 18 heavy (non-hydrogen) atoms. The monoisotopic (exact) mass is 260 g/mol. The van der Waals surface area contributed by atoms with Crippen molar-refractivity contribution < 1.29 is 14.2 Å². The molecule has 0 N–H and O–H groups in total. The molecule has 0 rings (SSSR count). The molecular weight excluding hydrogens is 228 g/mol. The number of rotatable bonds is 13. The Balaban J connectivity index is 3.31. The molecule has 3 nitrogen and oxygen atoms in total. The molecule has 0 radical (unpaired) electrons. The summed E-state index contributed by atoms with van der Waals surface area (Å²) in [4.78, 5) is 0. The highest BCUT2D eigenvalue weighted by Gasteiger charge is 2.07. The Morgan fingerprint density at radius 1 is 0.722 bits per heavy atom. The van der Waals surface area contributed by atoms with E-state index in [1.807, 2.05) is 6.92 Å². The van der Waals surface area contributed by atoms with Gasteiger partial charge in [-0.25, -0.2) is 0 Å². The summed E-state index contributed by atoms with van der Waals surface area (Å²) >= 11 is 0. The molecule has 2 unspecified atom stereocenters. The minimum absolute atomic E-state index is 0.155. The van der Waals surface area contributed by atoms with E-state index in [4.69, 9.17) is 14.2 Å². The van der Waals surface area contributed by atoms with Crippen LogP contribution in [0.3, 0.4) is 0 Å². The lowest BCUT2D eigenvalue weighted by Gasteiger charge is -2.17. The van der Waals surface area contributed by atoms with Crippen molar-refractivity contribution in [2.75, 3.05) is 26.4 Å². The predicted octanol–water partition coefficient (Wildman–Crippen LogP) is 3.80. The Labute approximate surface area is 113 Å². The summed E-state index contributed by atoms with van der Waals surface area (Å²) in [6.07, 6.45) is 6.40. The first-order valence-corrected chi connectivity index (χ1v) is 7.51. The van der Waals surface area contributed by atoms with Gasteiger partial charge in [-0.05, 0) is 26.7 Å². The first-order chi connectivity index (χ1) is 8.70. The molecule has 0 spiro atoms. The summed E-state index contributed by atoms with van der Waals surface area (Å²) in [5.41, 5.74) is 0. The highest BCUT2D eigenvalue weighted by atomic mass is 16.6. The van der Waals surface area contributed by atoms with Gasteiger partial charge in [0, 0.05) is 13.2 Å². The molecule has 0 aromatic heterocycles. The molecule has 0 amide bonds. The first kappa shape index (κ1) is 17.9. The minimum atomic E-state index is 0.155. The molecule has 0 aromatic rings. The molecule has 0 heterocycles. The van der Waals surface area contributed by atoms with Gasteiger partial charge in [-0.15, -0.1) is 0 Å². The van der Waals surface area contributed by atoms with Gasteiger partial charge in [-0.1, -0.05) is 33.1 Å². The SMILES string of the molecule is CCCCCCOC(C)COC(C)COCCC. The van der Waals surface area contributed by atoms with Crippen LogP contribution >= 0.6 is 0 Å². The van der Waals surface area contributed by atoms with Gasteiger partial charge in [0.2, 0.25) is 0 Å². The zero-order valence-electron chi connectivity index (χ0n) is 12.7. The smallest absolute Gasteiger partial charge is 0.0781 e. The molecule has 0 saturated heterocycles. The maximum atomic E-state index is 5.70. The van der Waals surface area contributed by atoms with E-state index >= 15 is 0 Å². The molecule has 0 saturated carbocycles. The molecule has 0 aliphatic carbocycles. The van der Waals surface area contributed by atoms with Crippen molar-refractivity contribution in [1.29, 1.82) is 0 Å². The van der Waals surface area contributed by atoms with Gasteiger partial charge >= 0.3 is 0 Å². The predicted molar refractivity (Wildman–Crippen MR) is 76.1 cm³/mol. The van der Waals surface area contributed by atoms with Crippen LogP contribution in [0, 0.1) is 0 Å². The van der Waals surface area contributed by atoms with Crippen LogP contribution in [0.2, 0.25) is 0 Å². The second-order valence-electron chi connectivity index (χ2n) is 4.96. The maximum absolute atomic E-state index is 5.70. The molecule has 0 fully saturated rings. The number of hydrogen-bond acceptors (Lipinski definition) is 3. The fourth-order valence-corrected chi connectivity index (χ4v) is 1.60. The van der Waals surface area contributed by atoms with Gasteiger partial charge in [-0.3, -0.25) is 0 Å². The van der Waals surface area contributed by atoms with Gasteiger partial charge in [0.05, 0.1) is 25.4 Å². The summed E-state index contributed by atoms with van der Waals surface area (Å²) in [5.74, 6) is 0. The molecule has 0 aliphatic heterocycles. The van der Waals surface area contributed by atoms with E-state index in [-0.39, 0.29) is 12.2 Å². The highest BCUT2D eigenvalue weighted by molar-refractivity contribution is 4.53. The highest BCUT2D eigenvalue weighted by Crippen LogP contribution is 2.02. The van der Waals surface area contributed by atoms with E-state index in [1.54, 1.807) is 0 Å². The zero-order chi connectivity index (χ0) is 13.6. The quantitative estimate of drug-likeness (QED) is 0.471. The van der Waals surface area contributed by atoms with Gasteiger partial charge in [0.1, 0.15) is 0 Å². The molecular formula is C15H32O3. The molecule has 2 atom stereocenters. The Morgan fingerprint density at radius 3 is 2.11 bits per heavy atom. The van der Waals surface area contributed by atoms with Crippen molar-refractivity contribution in [3.8, 4) is 0 Å². The van der Waals surface area contributed by atoms with E-state index < -0.39 is 0 Å². The second kappa shape index (κ2) is 13.3. The second-order valence-corrected chi connectivity index (χ2v) is 4.96. The Hall–Kier alpha value is -0.120. The molecule has 0 aromatic carbocycles. The van der Waals surface area contributed by atoms with Crippen LogP contribution in [-0.2, 0) is 14.2 Å². The summed E-state index contributed by atoms with van der Waals surface area (Å²) in [6.45, 7) is 11.5. The van der Waals surface area contributed by atoms with Crippen molar-refractivity contribution >= 4 is 0 Å². The fourth-order valence-electron chi connectivity index (χ4n) is 1.60. The third-order valence-corrected chi connectivity index (χ3v) is 2.72. The van der Waals surface area contributed by atoms with Crippen molar-refractivity contribution in [1.82, 2.24) is 0 Å². The Bertz CT molecular complexity index is 162. The zero-order valence-corrected chi connectivity index (χ0v) is 12.7. The normalized spacial score (nSPS) is 14.7. The fraction of sp³-hybridized carbons (Fsp3) is 1.00. The summed E-state index contributed by atoms with van der Waals surface area (Å²) in [7, 11) is 0. The van der Waals surface area contributed by atoms with Gasteiger partial charge in [-0.2, -0.15) is 0 Å². The lowest BCUT2D eigenvalue weighted by molar-refractivity contribution is -0.0573. The lowest BCUT2D eigenvalue weighted by Crippen LogP contribution is -2.23. The van der Waals surface area contributed by atoms with Crippen molar-refractivity contribution in [2.24, 2.45) is 0 Å². The van der Waals surface area contributed by atoms with E-state index in [0.29, 0.717) is 13.2 Å². The van der Waals surface area contributed by atoms with Crippen molar-refractivity contribution in [3.63, 3.8) is 0 Å².